The summed E-state index contributed by atoms with van der Waals surface area (Å²) in [5, 5.41) is 0. The Kier molecular flexibility index (Phi) is 6.28. The number of fused-ring (bicyclic) bond motifs is 1. The number of aromatic nitrogens is 2. The van der Waals surface area contributed by atoms with Gasteiger partial charge in [0, 0.05) is 0 Å². The number of H-pyrrole nitrogens is 1. The molecule has 0 amide bonds. The average molecular weight is 370 g/mol. The molecule has 0 aliphatic heterocycles. The lowest BCUT2D eigenvalue weighted by molar-refractivity contribution is 0.447. The van der Waals surface area contributed by atoms with E-state index in [9.17, 15) is 0 Å². The summed E-state index contributed by atoms with van der Waals surface area (Å²) in [4.78, 5) is 7.72. The van der Waals surface area contributed by atoms with Crippen LogP contribution in [-0.4, -0.2) is 9.97 Å². The Balaban J connectivity index is 1.85. The standard InChI is InChI=1S/C25H26N2O/c1-5-7-8-9-10-18(3)20-11-13-21(14-12-20)22-17-24-23(16-19(22)4)26-25(27-24)28-15-6-2/h5-18H,1H2,2-4H3,(H,26,27)/b8-7-,10-9-,15-6+. The predicted molar refractivity (Wildman–Crippen MR) is 119 cm³/mol. The van der Waals surface area contributed by atoms with E-state index >= 15 is 0 Å². The van der Waals surface area contributed by atoms with Gasteiger partial charge in [0.1, 0.15) is 0 Å². The molecule has 0 fully saturated rings. The van der Waals surface area contributed by atoms with E-state index in [1.165, 1.54) is 22.3 Å². The van der Waals surface area contributed by atoms with Gasteiger partial charge in [0.15, 0.2) is 0 Å². The number of rotatable bonds is 7. The van der Waals surface area contributed by atoms with Gasteiger partial charge in [-0.05, 0) is 54.2 Å². The molecule has 1 unspecified atom stereocenters. The molecule has 3 nitrogen and oxygen atoms in total. The van der Waals surface area contributed by atoms with Gasteiger partial charge in [-0.1, -0.05) is 74.2 Å². The zero-order valence-electron chi connectivity index (χ0n) is 16.6. The highest BCUT2D eigenvalue weighted by Gasteiger charge is 2.09. The number of nitrogens with one attached hydrogen (secondary N) is 1. The second-order valence-electron chi connectivity index (χ2n) is 6.73. The molecule has 3 aromatic rings. The van der Waals surface area contributed by atoms with Crippen molar-refractivity contribution in [3.05, 3.63) is 96.8 Å². The summed E-state index contributed by atoms with van der Waals surface area (Å²) >= 11 is 0. The Morgan fingerprint density at radius 2 is 1.89 bits per heavy atom. The molecule has 0 aliphatic carbocycles. The minimum absolute atomic E-state index is 0.352. The van der Waals surface area contributed by atoms with Crippen LogP contribution in [0.15, 0.2) is 85.7 Å². The zero-order valence-corrected chi connectivity index (χ0v) is 16.6. The van der Waals surface area contributed by atoms with Crippen molar-refractivity contribution in [2.75, 3.05) is 0 Å². The van der Waals surface area contributed by atoms with E-state index in [1.807, 2.05) is 25.2 Å². The summed E-state index contributed by atoms with van der Waals surface area (Å²) in [6, 6.07) is 13.5. The monoisotopic (exact) mass is 370 g/mol. The van der Waals surface area contributed by atoms with Crippen LogP contribution in [0.2, 0.25) is 0 Å². The quantitative estimate of drug-likeness (QED) is 0.365. The van der Waals surface area contributed by atoms with Crippen LogP contribution in [-0.2, 0) is 0 Å². The summed E-state index contributed by atoms with van der Waals surface area (Å²) < 4.78 is 5.45. The SMILES string of the molecule is C=C/C=C\C=C/C(C)c1ccc(-c2cc3nc(O/C=C/C)[nH]c3cc2C)cc1. The van der Waals surface area contributed by atoms with Crippen LogP contribution in [0.1, 0.15) is 30.9 Å². The normalized spacial score (nSPS) is 13.1. The maximum atomic E-state index is 5.45. The summed E-state index contributed by atoms with van der Waals surface area (Å²) in [6.45, 7) is 9.90. The number of benzene rings is 2. The number of aryl methyl sites for hydroxylation is 1. The average Bonchev–Trinajstić information content (AvgIpc) is 3.10. The smallest absolute Gasteiger partial charge is 0.299 e. The van der Waals surface area contributed by atoms with E-state index < -0.39 is 0 Å². The number of hydrogen-bond donors (Lipinski definition) is 1. The Bertz CT molecular complexity index is 1040. The second kappa shape index (κ2) is 9.05. The number of ether oxygens (including phenoxy) is 1. The highest BCUT2D eigenvalue weighted by molar-refractivity contribution is 5.84. The van der Waals surface area contributed by atoms with Crippen LogP contribution in [0.4, 0.5) is 0 Å². The van der Waals surface area contributed by atoms with Crippen LogP contribution >= 0.6 is 0 Å². The first-order valence-corrected chi connectivity index (χ1v) is 9.46. The minimum atomic E-state index is 0.352. The van der Waals surface area contributed by atoms with Gasteiger partial charge < -0.3 is 9.72 Å². The molecule has 1 heterocycles. The number of nitrogens with zero attached hydrogens (tertiary/aromatic N) is 1. The minimum Gasteiger partial charge on any atom is -0.434 e. The van der Waals surface area contributed by atoms with Crippen molar-refractivity contribution in [1.29, 1.82) is 0 Å². The summed E-state index contributed by atoms with van der Waals surface area (Å²) in [6.07, 6.45) is 13.4. The molecule has 142 valence electrons. The van der Waals surface area contributed by atoms with E-state index in [2.05, 4.69) is 78.9 Å². The molecular formula is C25H26N2O. The van der Waals surface area contributed by atoms with Gasteiger partial charge in [-0.25, -0.2) is 0 Å². The van der Waals surface area contributed by atoms with Crippen LogP contribution in [0.5, 0.6) is 6.01 Å². The summed E-state index contributed by atoms with van der Waals surface area (Å²) in [5.74, 6) is 0.352. The molecule has 0 saturated carbocycles. The van der Waals surface area contributed by atoms with E-state index in [0.717, 1.165) is 11.0 Å². The molecule has 28 heavy (non-hydrogen) atoms. The van der Waals surface area contributed by atoms with Gasteiger partial charge in [-0.2, -0.15) is 4.98 Å². The third-order valence-corrected chi connectivity index (χ3v) is 4.63. The molecule has 1 aromatic heterocycles. The van der Waals surface area contributed by atoms with Crippen LogP contribution in [0.25, 0.3) is 22.2 Å². The molecule has 3 heteroatoms. The Hall–Kier alpha value is -3.33. The molecule has 0 spiro atoms. The molecule has 1 atom stereocenters. The fraction of sp³-hybridized carbons (Fsp3) is 0.160. The summed E-state index contributed by atoms with van der Waals surface area (Å²) in [7, 11) is 0. The van der Waals surface area contributed by atoms with Crippen molar-refractivity contribution >= 4 is 11.0 Å². The van der Waals surface area contributed by atoms with Crippen LogP contribution < -0.4 is 4.74 Å². The topological polar surface area (TPSA) is 37.9 Å². The fourth-order valence-corrected chi connectivity index (χ4v) is 3.09. The van der Waals surface area contributed by atoms with Crippen LogP contribution in [0, 0.1) is 6.92 Å². The van der Waals surface area contributed by atoms with Gasteiger partial charge in [-0.15, -0.1) is 0 Å². The molecule has 2 aromatic carbocycles. The van der Waals surface area contributed by atoms with Crippen molar-refractivity contribution in [2.45, 2.75) is 26.7 Å². The van der Waals surface area contributed by atoms with Crippen molar-refractivity contribution < 1.29 is 4.74 Å². The first-order valence-electron chi connectivity index (χ1n) is 9.46. The van der Waals surface area contributed by atoms with Gasteiger partial charge in [0.2, 0.25) is 0 Å². The third kappa shape index (κ3) is 4.49. The maximum Gasteiger partial charge on any atom is 0.299 e. The first-order chi connectivity index (χ1) is 13.6. The lowest BCUT2D eigenvalue weighted by Gasteiger charge is -2.10. The number of hydrogen-bond acceptors (Lipinski definition) is 2. The number of allylic oxidation sites excluding steroid dienone is 6. The Morgan fingerprint density at radius 3 is 2.61 bits per heavy atom. The van der Waals surface area contributed by atoms with Gasteiger partial charge in [0.25, 0.3) is 6.01 Å². The van der Waals surface area contributed by atoms with Crippen molar-refractivity contribution in [1.82, 2.24) is 9.97 Å². The van der Waals surface area contributed by atoms with E-state index in [4.69, 9.17) is 4.74 Å². The van der Waals surface area contributed by atoms with Gasteiger partial charge in [-0.3, -0.25) is 0 Å². The predicted octanol–water partition coefficient (Wildman–Crippen LogP) is 6.85. The van der Waals surface area contributed by atoms with Crippen molar-refractivity contribution in [3.8, 4) is 17.1 Å². The van der Waals surface area contributed by atoms with Crippen LogP contribution in [0.3, 0.4) is 0 Å². The van der Waals surface area contributed by atoms with E-state index in [-0.39, 0.29) is 0 Å². The molecule has 0 saturated heterocycles. The molecule has 0 bridgehead atoms. The molecule has 0 radical (unpaired) electrons. The van der Waals surface area contributed by atoms with E-state index in [1.54, 1.807) is 12.3 Å². The molecular weight excluding hydrogens is 344 g/mol. The number of aromatic amines is 1. The molecule has 0 aliphatic rings. The van der Waals surface area contributed by atoms with Gasteiger partial charge in [0.05, 0.1) is 17.3 Å². The highest BCUT2D eigenvalue weighted by atomic mass is 16.5. The van der Waals surface area contributed by atoms with Crippen molar-refractivity contribution in [2.24, 2.45) is 0 Å². The molecule has 3 rings (SSSR count). The van der Waals surface area contributed by atoms with Gasteiger partial charge >= 0.3 is 0 Å². The fourth-order valence-electron chi connectivity index (χ4n) is 3.09. The summed E-state index contributed by atoms with van der Waals surface area (Å²) in [5.41, 5.74) is 6.72. The second-order valence-corrected chi connectivity index (χ2v) is 6.73. The van der Waals surface area contributed by atoms with Crippen molar-refractivity contribution in [3.63, 3.8) is 0 Å². The Labute approximate surface area is 166 Å². The first kappa shape index (κ1) is 19.4. The lowest BCUT2D eigenvalue weighted by Crippen LogP contribution is -1.90. The van der Waals surface area contributed by atoms with E-state index in [0.29, 0.717) is 11.9 Å². The zero-order chi connectivity index (χ0) is 19.9. The Morgan fingerprint density at radius 1 is 1.11 bits per heavy atom. The largest absolute Gasteiger partial charge is 0.434 e. The highest BCUT2D eigenvalue weighted by Crippen LogP contribution is 2.30. The number of imidazole rings is 1. The lowest BCUT2D eigenvalue weighted by atomic mass is 9.95. The maximum absolute atomic E-state index is 5.45. The molecule has 1 N–H and O–H groups in total. The third-order valence-electron chi connectivity index (χ3n) is 4.63.